The quantitative estimate of drug-likeness (QED) is 0.822. The molecule has 0 aromatic heterocycles. The Morgan fingerprint density at radius 3 is 2.33 bits per heavy atom. The molecule has 0 aliphatic carbocycles. The van der Waals surface area contributed by atoms with Gasteiger partial charge in [0.15, 0.2) is 5.78 Å². The lowest BCUT2D eigenvalue weighted by atomic mass is 10.1. The van der Waals surface area contributed by atoms with E-state index < -0.39 is 0 Å². The highest BCUT2D eigenvalue weighted by molar-refractivity contribution is 5.94. The van der Waals surface area contributed by atoms with Crippen LogP contribution >= 0.6 is 0 Å². The Kier molecular flexibility index (Phi) is 3.78. The van der Waals surface area contributed by atoms with Crippen molar-refractivity contribution < 1.29 is 4.79 Å². The van der Waals surface area contributed by atoms with E-state index in [9.17, 15) is 4.79 Å². The van der Waals surface area contributed by atoms with E-state index in [1.54, 1.807) is 6.92 Å². The Morgan fingerprint density at radius 2 is 1.72 bits per heavy atom. The third-order valence-electron chi connectivity index (χ3n) is 2.99. The van der Waals surface area contributed by atoms with Crippen LogP contribution in [0.5, 0.6) is 0 Å². The summed E-state index contributed by atoms with van der Waals surface area (Å²) in [5.41, 5.74) is 4.31. The molecule has 0 fully saturated rings. The summed E-state index contributed by atoms with van der Waals surface area (Å²) in [6.45, 7) is 4.44. The standard InChI is InChI=1S/C16H17NO/c1-12-5-3-4-6-16(12)17-11-14-7-9-15(10-8-14)13(2)18/h3-10,17H,11H2,1-2H3. The van der Waals surface area contributed by atoms with Gasteiger partial charge in [-0.2, -0.15) is 0 Å². The van der Waals surface area contributed by atoms with E-state index in [0.29, 0.717) is 0 Å². The molecular formula is C16H17NO. The van der Waals surface area contributed by atoms with Gasteiger partial charge in [-0.15, -0.1) is 0 Å². The second-order valence-electron chi connectivity index (χ2n) is 4.42. The Bertz CT molecular complexity index is 543. The summed E-state index contributed by atoms with van der Waals surface area (Å²) in [5.74, 6) is 0.105. The number of hydrogen-bond acceptors (Lipinski definition) is 2. The third kappa shape index (κ3) is 2.98. The van der Waals surface area contributed by atoms with Gasteiger partial charge in [-0.25, -0.2) is 0 Å². The molecule has 0 atom stereocenters. The molecule has 2 nitrogen and oxygen atoms in total. The molecule has 0 saturated carbocycles. The van der Waals surface area contributed by atoms with Gasteiger partial charge in [0, 0.05) is 17.8 Å². The second kappa shape index (κ2) is 5.50. The third-order valence-corrected chi connectivity index (χ3v) is 2.99. The first-order valence-electron chi connectivity index (χ1n) is 6.06. The normalized spacial score (nSPS) is 10.1. The van der Waals surface area contributed by atoms with Crippen LogP contribution in [-0.2, 0) is 6.54 Å². The molecule has 2 aromatic rings. The fourth-order valence-electron chi connectivity index (χ4n) is 1.83. The van der Waals surface area contributed by atoms with Gasteiger partial charge in [0.25, 0.3) is 0 Å². The van der Waals surface area contributed by atoms with Gasteiger partial charge in [-0.1, -0.05) is 42.5 Å². The molecule has 0 aliphatic rings. The Morgan fingerprint density at radius 1 is 1.06 bits per heavy atom. The maximum Gasteiger partial charge on any atom is 0.159 e. The molecule has 92 valence electrons. The van der Waals surface area contributed by atoms with Crippen molar-refractivity contribution in [1.29, 1.82) is 0 Å². The number of hydrogen-bond donors (Lipinski definition) is 1. The zero-order valence-corrected chi connectivity index (χ0v) is 10.7. The Hall–Kier alpha value is -2.09. The van der Waals surface area contributed by atoms with Crippen LogP contribution in [0.2, 0.25) is 0 Å². The van der Waals surface area contributed by atoms with Crippen LogP contribution in [0.15, 0.2) is 48.5 Å². The first-order chi connectivity index (χ1) is 8.66. The molecule has 0 heterocycles. The maximum absolute atomic E-state index is 11.2. The highest BCUT2D eigenvalue weighted by atomic mass is 16.1. The summed E-state index contributed by atoms with van der Waals surface area (Å²) in [6, 6.07) is 15.9. The van der Waals surface area contributed by atoms with Crippen LogP contribution in [0.25, 0.3) is 0 Å². The van der Waals surface area contributed by atoms with E-state index in [4.69, 9.17) is 0 Å². The van der Waals surface area contributed by atoms with Crippen molar-refractivity contribution in [3.05, 3.63) is 65.2 Å². The van der Waals surface area contributed by atoms with E-state index in [1.165, 1.54) is 11.1 Å². The number of benzene rings is 2. The van der Waals surface area contributed by atoms with Gasteiger partial charge in [0.1, 0.15) is 0 Å². The fourth-order valence-corrected chi connectivity index (χ4v) is 1.83. The summed E-state index contributed by atoms with van der Waals surface area (Å²) in [7, 11) is 0. The number of Topliss-reactive ketones (excluding diaryl/α,β-unsaturated/α-hetero) is 1. The zero-order valence-electron chi connectivity index (χ0n) is 10.7. The minimum Gasteiger partial charge on any atom is -0.381 e. The van der Waals surface area contributed by atoms with Crippen molar-refractivity contribution in [2.24, 2.45) is 0 Å². The molecule has 0 spiro atoms. The van der Waals surface area contributed by atoms with E-state index in [1.807, 2.05) is 36.4 Å². The van der Waals surface area contributed by atoms with Crippen LogP contribution in [0.3, 0.4) is 0 Å². The Labute approximate surface area is 108 Å². The van der Waals surface area contributed by atoms with E-state index >= 15 is 0 Å². The van der Waals surface area contributed by atoms with Crippen molar-refractivity contribution >= 4 is 11.5 Å². The highest BCUT2D eigenvalue weighted by Gasteiger charge is 2.00. The second-order valence-corrected chi connectivity index (χ2v) is 4.42. The molecule has 0 aliphatic heterocycles. The minimum atomic E-state index is 0.105. The average molecular weight is 239 g/mol. The van der Waals surface area contributed by atoms with Crippen molar-refractivity contribution in [3.8, 4) is 0 Å². The van der Waals surface area contributed by atoms with Crippen molar-refractivity contribution in [2.45, 2.75) is 20.4 Å². The number of carbonyl (C=O) groups excluding carboxylic acids is 1. The molecule has 18 heavy (non-hydrogen) atoms. The number of carbonyl (C=O) groups is 1. The monoisotopic (exact) mass is 239 g/mol. The number of nitrogens with one attached hydrogen (secondary N) is 1. The van der Waals surface area contributed by atoms with Crippen LogP contribution in [0.1, 0.15) is 28.4 Å². The van der Waals surface area contributed by atoms with Gasteiger partial charge in [-0.05, 0) is 31.0 Å². The molecule has 2 aromatic carbocycles. The first kappa shape index (κ1) is 12.4. The van der Waals surface area contributed by atoms with E-state index in [2.05, 4.69) is 24.4 Å². The summed E-state index contributed by atoms with van der Waals surface area (Å²) < 4.78 is 0. The lowest BCUT2D eigenvalue weighted by molar-refractivity contribution is 0.101. The number of aryl methyl sites for hydroxylation is 1. The van der Waals surface area contributed by atoms with Gasteiger partial charge in [0.05, 0.1) is 0 Å². The molecule has 2 heteroatoms. The van der Waals surface area contributed by atoms with Crippen molar-refractivity contribution in [2.75, 3.05) is 5.32 Å². The number of anilines is 1. The zero-order chi connectivity index (χ0) is 13.0. The van der Waals surface area contributed by atoms with Crippen molar-refractivity contribution in [3.63, 3.8) is 0 Å². The Balaban J connectivity index is 2.02. The molecule has 2 rings (SSSR count). The fraction of sp³-hybridized carbons (Fsp3) is 0.188. The van der Waals surface area contributed by atoms with Gasteiger partial charge in [0.2, 0.25) is 0 Å². The summed E-state index contributed by atoms with van der Waals surface area (Å²) in [6.07, 6.45) is 0. The largest absolute Gasteiger partial charge is 0.381 e. The van der Waals surface area contributed by atoms with Crippen LogP contribution in [0.4, 0.5) is 5.69 Å². The molecule has 0 unspecified atom stereocenters. The predicted octanol–water partition coefficient (Wildman–Crippen LogP) is 3.81. The topological polar surface area (TPSA) is 29.1 Å². The number of ketones is 1. The van der Waals surface area contributed by atoms with Gasteiger partial charge < -0.3 is 5.32 Å². The number of rotatable bonds is 4. The van der Waals surface area contributed by atoms with Crippen LogP contribution in [-0.4, -0.2) is 5.78 Å². The summed E-state index contributed by atoms with van der Waals surface area (Å²) in [4.78, 5) is 11.2. The first-order valence-corrected chi connectivity index (χ1v) is 6.06. The molecule has 0 saturated heterocycles. The predicted molar refractivity (Wildman–Crippen MR) is 75.0 cm³/mol. The van der Waals surface area contributed by atoms with Crippen molar-refractivity contribution in [1.82, 2.24) is 0 Å². The van der Waals surface area contributed by atoms with E-state index in [-0.39, 0.29) is 5.78 Å². The van der Waals surface area contributed by atoms with Gasteiger partial charge in [-0.3, -0.25) is 4.79 Å². The molecule has 0 radical (unpaired) electrons. The summed E-state index contributed by atoms with van der Waals surface area (Å²) >= 11 is 0. The molecule has 0 bridgehead atoms. The summed E-state index contributed by atoms with van der Waals surface area (Å²) in [5, 5.41) is 3.39. The number of para-hydroxylation sites is 1. The van der Waals surface area contributed by atoms with E-state index in [0.717, 1.165) is 17.8 Å². The van der Waals surface area contributed by atoms with Crippen LogP contribution in [0, 0.1) is 6.92 Å². The molecule has 1 N–H and O–H groups in total. The molecular weight excluding hydrogens is 222 g/mol. The highest BCUT2D eigenvalue weighted by Crippen LogP contribution is 2.14. The minimum absolute atomic E-state index is 0.105. The molecule has 0 amide bonds. The SMILES string of the molecule is CC(=O)c1ccc(CNc2ccccc2C)cc1. The maximum atomic E-state index is 11.2. The van der Waals surface area contributed by atoms with Gasteiger partial charge >= 0.3 is 0 Å². The van der Waals surface area contributed by atoms with Crippen LogP contribution < -0.4 is 5.32 Å². The lowest BCUT2D eigenvalue weighted by Crippen LogP contribution is -2.01. The average Bonchev–Trinajstić information content (AvgIpc) is 2.38. The smallest absolute Gasteiger partial charge is 0.159 e. The lowest BCUT2D eigenvalue weighted by Gasteiger charge is -2.09.